The Morgan fingerprint density at radius 1 is 0.951 bits per heavy atom. The summed E-state index contributed by atoms with van der Waals surface area (Å²) in [6.45, 7) is 5.97. The summed E-state index contributed by atoms with van der Waals surface area (Å²) in [6, 6.07) is 18.7. The Hall–Kier alpha value is -4.63. The van der Waals surface area contributed by atoms with E-state index in [0.717, 1.165) is 41.0 Å². The van der Waals surface area contributed by atoms with E-state index in [1.165, 1.54) is 0 Å². The summed E-state index contributed by atoms with van der Waals surface area (Å²) in [5, 5.41) is 6.25. The van der Waals surface area contributed by atoms with Gasteiger partial charge in [-0.25, -0.2) is 9.97 Å². The number of hydrogen-bond acceptors (Lipinski definition) is 7. The first-order valence-corrected chi connectivity index (χ1v) is 13.8. The van der Waals surface area contributed by atoms with E-state index in [-0.39, 0.29) is 11.8 Å². The van der Waals surface area contributed by atoms with Crippen molar-refractivity contribution in [3.05, 3.63) is 95.9 Å². The number of aromatic nitrogens is 3. The first kappa shape index (κ1) is 29.4. The number of benzene rings is 2. The van der Waals surface area contributed by atoms with Crippen molar-refractivity contribution in [2.24, 2.45) is 0 Å². The lowest BCUT2D eigenvalue weighted by Gasteiger charge is -2.24. The minimum Gasteiger partial charge on any atom is -0.337 e. The third kappa shape index (κ3) is 8.43. The number of amides is 2. The Morgan fingerprint density at radius 2 is 1.76 bits per heavy atom. The zero-order chi connectivity index (χ0) is 29.2. The van der Waals surface area contributed by atoms with Crippen LogP contribution in [-0.2, 0) is 11.3 Å². The highest BCUT2D eigenvalue weighted by Gasteiger charge is 2.14. The van der Waals surface area contributed by atoms with Crippen molar-refractivity contribution >= 4 is 29.1 Å². The van der Waals surface area contributed by atoms with Crippen molar-refractivity contribution in [1.82, 2.24) is 24.8 Å². The molecule has 0 aliphatic heterocycles. The first-order chi connectivity index (χ1) is 19.8. The smallest absolute Gasteiger partial charge is 0.255 e. The summed E-state index contributed by atoms with van der Waals surface area (Å²) >= 11 is 0. The van der Waals surface area contributed by atoms with Crippen LogP contribution in [0.1, 0.15) is 41.3 Å². The number of likely N-dealkylation sites (N-methyl/N-ethyl adjacent to an activating group) is 1. The molecule has 212 valence electrons. The van der Waals surface area contributed by atoms with Gasteiger partial charge in [0.2, 0.25) is 11.9 Å². The third-order valence-electron chi connectivity index (χ3n) is 6.58. The highest BCUT2D eigenvalue weighted by Crippen LogP contribution is 2.25. The molecule has 0 unspecified atom stereocenters. The minimum absolute atomic E-state index is 0.147. The van der Waals surface area contributed by atoms with Gasteiger partial charge in [0.1, 0.15) is 0 Å². The van der Waals surface area contributed by atoms with Gasteiger partial charge in [0.15, 0.2) is 0 Å². The van der Waals surface area contributed by atoms with Crippen LogP contribution in [0.3, 0.4) is 0 Å². The summed E-state index contributed by atoms with van der Waals surface area (Å²) in [6.07, 6.45) is 6.52. The lowest BCUT2D eigenvalue weighted by atomic mass is 10.1. The SMILES string of the molecule is CCCC(=O)N(CCN(C)C)Cc1ccc(C(=O)Nc2ccc(C)c(Nc3nccc(-c4cccnc4)n3)c2)cc1. The summed E-state index contributed by atoms with van der Waals surface area (Å²) in [7, 11) is 4.00. The highest BCUT2D eigenvalue weighted by atomic mass is 16.2. The molecule has 2 amide bonds. The van der Waals surface area contributed by atoms with Crippen LogP contribution in [-0.4, -0.2) is 63.8 Å². The van der Waals surface area contributed by atoms with Gasteiger partial charge in [0.25, 0.3) is 5.91 Å². The molecule has 4 rings (SSSR count). The van der Waals surface area contributed by atoms with Crippen LogP contribution in [0, 0.1) is 6.92 Å². The fraction of sp³-hybridized carbons (Fsp3) is 0.281. The van der Waals surface area contributed by atoms with Crippen LogP contribution in [0.5, 0.6) is 0 Å². The second-order valence-electron chi connectivity index (χ2n) is 10.2. The standard InChI is InChI=1S/C32H37N7O2/c1-5-7-30(40)39(19-18-38(3)4)22-24-10-12-25(13-11-24)31(41)35-27-14-9-23(2)29(20-27)37-32-34-17-15-28(36-32)26-8-6-16-33-21-26/h6,8-17,20-21H,5,7,18-19,22H2,1-4H3,(H,35,41)(H,34,36,37). The number of rotatable bonds is 12. The molecular formula is C32H37N7O2. The fourth-order valence-corrected chi connectivity index (χ4v) is 4.22. The van der Waals surface area contributed by atoms with Crippen molar-refractivity contribution in [1.29, 1.82) is 0 Å². The zero-order valence-electron chi connectivity index (χ0n) is 24.1. The summed E-state index contributed by atoms with van der Waals surface area (Å²) in [5.41, 5.74) is 5.61. The number of aryl methyl sites for hydroxylation is 1. The number of nitrogens with one attached hydrogen (secondary N) is 2. The van der Waals surface area contributed by atoms with Crippen molar-refractivity contribution in [3.63, 3.8) is 0 Å². The van der Waals surface area contributed by atoms with Crippen LogP contribution in [0.4, 0.5) is 17.3 Å². The molecule has 2 N–H and O–H groups in total. The molecule has 0 aliphatic carbocycles. The van der Waals surface area contributed by atoms with Gasteiger partial charge in [-0.05, 0) is 81.0 Å². The average molecular weight is 552 g/mol. The molecule has 0 radical (unpaired) electrons. The Balaban J connectivity index is 1.42. The Bertz CT molecular complexity index is 1460. The van der Waals surface area contributed by atoms with Gasteiger partial charge >= 0.3 is 0 Å². The quantitative estimate of drug-likeness (QED) is 0.239. The molecule has 4 aromatic rings. The van der Waals surface area contributed by atoms with Crippen molar-refractivity contribution in [2.75, 3.05) is 37.8 Å². The van der Waals surface area contributed by atoms with E-state index in [0.29, 0.717) is 36.7 Å². The Kier molecular flexibility index (Phi) is 10.1. The molecule has 41 heavy (non-hydrogen) atoms. The molecule has 0 bridgehead atoms. The largest absolute Gasteiger partial charge is 0.337 e. The fourth-order valence-electron chi connectivity index (χ4n) is 4.22. The second kappa shape index (κ2) is 14.1. The number of hydrogen-bond donors (Lipinski definition) is 2. The highest BCUT2D eigenvalue weighted by molar-refractivity contribution is 6.04. The maximum Gasteiger partial charge on any atom is 0.255 e. The van der Waals surface area contributed by atoms with Crippen LogP contribution >= 0.6 is 0 Å². The van der Waals surface area contributed by atoms with Crippen LogP contribution in [0.15, 0.2) is 79.3 Å². The number of carbonyl (C=O) groups excluding carboxylic acids is 2. The molecule has 2 aromatic heterocycles. The number of anilines is 3. The van der Waals surface area contributed by atoms with E-state index in [9.17, 15) is 9.59 Å². The van der Waals surface area contributed by atoms with E-state index in [1.54, 1.807) is 30.7 Å². The molecule has 9 nitrogen and oxygen atoms in total. The normalized spacial score (nSPS) is 10.9. The first-order valence-electron chi connectivity index (χ1n) is 13.8. The lowest BCUT2D eigenvalue weighted by Crippen LogP contribution is -2.36. The van der Waals surface area contributed by atoms with Crippen LogP contribution < -0.4 is 10.6 Å². The van der Waals surface area contributed by atoms with Gasteiger partial charge < -0.3 is 20.4 Å². The molecule has 0 saturated heterocycles. The number of pyridine rings is 1. The second-order valence-corrected chi connectivity index (χ2v) is 10.2. The van der Waals surface area contributed by atoms with E-state index in [2.05, 4.69) is 30.5 Å². The Labute approximate surface area is 241 Å². The predicted octanol–water partition coefficient (Wildman–Crippen LogP) is 5.53. The van der Waals surface area contributed by atoms with Crippen molar-refractivity contribution in [2.45, 2.75) is 33.2 Å². The summed E-state index contributed by atoms with van der Waals surface area (Å²) in [5.74, 6) is 0.382. The van der Waals surface area contributed by atoms with E-state index >= 15 is 0 Å². The predicted molar refractivity (Wildman–Crippen MR) is 163 cm³/mol. The van der Waals surface area contributed by atoms with E-state index in [1.807, 2.05) is 81.4 Å². The monoisotopic (exact) mass is 551 g/mol. The average Bonchev–Trinajstić information content (AvgIpc) is 2.98. The molecule has 0 fully saturated rings. The van der Waals surface area contributed by atoms with Gasteiger partial charge in [0, 0.05) is 67.1 Å². The Morgan fingerprint density at radius 3 is 2.46 bits per heavy atom. The van der Waals surface area contributed by atoms with Crippen molar-refractivity contribution < 1.29 is 9.59 Å². The lowest BCUT2D eigenvalue weighted by molar-refractivity contribution is -0.132. The van der Waals surface area contributed by atoms with E-state index in [4.69, 9.17) is 0 Å². The maximum absolute atomic E-state index is 13.0. The topological polar surface area (TPSA) is 103 Å². The molecule has 0 saturated carbocycles. The molecule has 0 atom stereocenters. The zero-order valence-corrected chi connectivity index (χ0v) is 24.1. The molecule has 2 aromatic carbocycles. The van der Waals surface area contributed by atoms with Crippen LogP contribution in [0.2, 0.25) is 0 Å². The minimum atomic E-state index is -0.215. The summed E-state index contributed by atoms with van der Waals surface area (Å²) < 4.78 is 0. The number of nitrogens with zero attached hydrogens (tertiary/aromatic N) is 5. The van der Waals surface area contributed by atoms with Gasteiger partial charge in [0.05, 0.1) is 5.69 Å². The molecule has 0 aliphatic rings. The van der Waals surface area contributed by atoms with Crippen LogP contribution in [0.25, 0.3) is 11.3 Å². The third-order valence-corrected chi connectivity index (χ3v) is 6.58. The number of carbonyl (C=O) groups is 2. The van der Waals surface area contributed by atoms with E-state index < -0.39 is 0 Å². The maximum atomic E-state index is 13.0. The van der Waals surface area contributed by atoms with Gasteiger partial charge in [-0.3, -0.25) is 14.6 Å². The molecule has 2 heterocycles. The molecular weight excluding hydrogens is 514 g/mol. The van der Waals surface area contributed by atoms with Gasteiger partial charge in [-0.15, -0.1) is 0 Å². The molecule has 9 heteroatoms. The van der Waals surface area contributed by atoms with Gasteiger partial charge in [-0.2, -0.15) is 0 Å². The molecule has 0 spiro atoms. The van der Waals surface area contributed by atoms with Crippen molar-refractivity contribution in [3.8, 4) is 11.3 Å². The summed E-state index contributed by atoms with van der Waals surface area (Å²) in [4.78, 5) is 42.7. The van der Waals surface area contributed by atoms with Gasteiger partial charge in [-0.1, -0.05) is 25.1 Å².